The Balaban J connectivity index is 0.00000133. The third-order valence-electron chi connectivity index (χ3n) is 3.43. The molecule has 0 saturated carbocycles. The molecule has 5 heteroatoms. The molecule has 0 bridgehead atoms. The second-order valence-electron chi connectivity index (χ2n) is 4.69. The number of hydrogen-bond acceptors (Lipinski definition) is 3. The van der Waals surface area contributed by atoms with E-state index in [2.05, 4.69) is 28.2 Å². The molecular weight excluding hydrogens is 281 g/mol. The van der Waals surface area contributed by atoms with Gasteiger partial charge in [0.15, 0.2) is 0 Å². The summed E-state index contributed by atoms with van der Waals surface area (Å²) in [4.78, 5) is 6.88. The van der Waals surface area contributed by atoms with Crippen molar-refractivity contribution in [2.75, 3.05) is 31.1 Å². The molecule has 3 nitrogen and oxygen atoms in total. The molecule has 0 amide bonds. The van der Waals surface area contributed by atoms with Crippen LogP contribution >= 0.6 is 24.0 Å². The third-order valence-corrected chi connectivity index (χ3v) is 3.65. The van der Waals surface area contributed by atoms with E-state index in [1.165, 1.54) is 5.69 Å². The highest BCUT2D eigenvalue weighted by molar-refractivity contribution is 6.31. The standard InChI is InChI=1S/C14H16ClN3.ClH/c1-10-8-11(15)9-12-13(2-3-17-14(10)12)18-6-4-16-5-7-18;/h2-3,8-9,16H,4-7H2,1H3;1H. The highest BCUT2D eigenvalue weighted by Gasteiger charge is 2.14. The van der Waals surface area contributed by atoms with Crippen molar-refractivity contribution >= 4 is 40.6 Å². The molecular formula is C14H17Cl2N3. The van der Waals surface area contributed by atoms with Gasteiger partial charge in [0, 0.05) is 48.5 Å². The summed E-state index contributed by atoms with van der Waals surface area (Å²) in [6, 6.07) is 6.08. The van der Waals surface area contributed by atoms with Gasteiger partial charge in [0.2, 0.25) is 0 Å². The van der Waals surface area contributed by atoms with Crippen molar-refractivity contribution < 1.29 is 0 Å². The summed E-state index contributed by atoms with van der Waals surface area (Å²) < 4.78 is 0. The lowest BCUT2D eigenvalue weighted by Gasteiger charge is -2.30. The van der Waals surface area contributed by atoms with Gasteiger partial charge >= 0.3 is 0 Å². The Bertz CT molecular complexity index is 580. The minimum atomic E-state index is 0. The van der Waals surface area contributed by atoms with Crippen LogP contribution < -0.4 is 10.2 Å². The van der Waals surface area contributed by atoms with E-state index in [0.717, 1.165) is 47.7 Å². The molecule has 1 saturated heterocycles. The number of rotatable bonds is 1. The van der Waals surface area contributed by atoms with E-state index >= 15 is 0 Å². The Hall–Kier alpha value is -1.03. The minimum Gasteiger partial charge on any atom is -0.368 e. The van der Waals surface area contributed by atoms with Gasteiger partial charge in [-0.15, -0.1) is 12.4 Å². The molecule has 0 atom stereocenters. The smallest absolute Gasteiger partial charge is 0.0752 e. The zero-order chi connectivity index (χ0) is 12.5. The molecule has 1 fully saturated rings. The number of aryl methyl sites for hydroxylation is 1. The van der Waals surface area contributed by atoms with E-state index in [1.54, 1.807) is 0 Å². The molecule has 0 radical (unpaired) electrons. The fourth-order valence-corrected chi connectivity index (χ4v) is 2.83. The fraction of sp³-hybridized carbons (Fsp3) is 0.357. The summed E-state index contributed by atoms with van der Waals surface area (Å²) in [6.45, 7) is 6.19. The van der Waals surface area contributed by atoms with Crippen molar-refractivity contribution in [3.63, 3.8) is 0 Å². The predicted molar refractivity (Wildman–Crippen MR) is 83.8 cm³/mol. The molecule has 0 unspecified atom stereocenters. The van der Waals surface area contributed by atoms with Crippen LogP contribution in [0.2, 0.25) is 5.02 Å². The minimum absolute atomic E-state index is 0. The average molecular weight is 298 g/mol. The summed E-state index contributed by atoms with van der Waals surface area (Å²) in [5.74, 6) is 0. The number of benzene rings is 1. The summed E-state index contributed by atoms with van der Waals surface area (Å²) >= 11 is 6.18. The highest BCUT2D eigenvalue weighted by atomic mass is 35.5. The average Bonchev–Trinajstić information content (AvgIpc) is 2.39. The van der Waals surface area contributed by atoms with Crippen LogP contribution in [0.4, 0.5) is 5.69 Å². The van der Waals surface area contributed by atoms with Gasteiger partial charge in [0.1, 0.15) is 0 Å². The maximum atomic E-state index is 6.18. The number of nitrogens with zero attached hydrogens (tertiary/aromatic N) is 2. The van der Waals surface area contributed by atoms with E-state index < -0.39 is 0 Å². The Morgan fingerprint density at radius 3 is 2.74 bits per heavy atom. The first-order valence-electron chi connectivity index (χ1n) is 6.26. The predicted octanol–water partition coefficient (Wildman–Crippen LogP) is 3.03. The number of piperazine rings is 1. The molecule has 1 aromatic carbocycles. The molecule has 3 rings (SSSR count). The Morgan fingerprint density at radius 1 is 1.26 bits per heavy atom. The van der Waals surface area contributed by atoms with Crippen molar-refractivity contribution in [1.82, 2.24) is 10.3 Å². The van der Waals surface area contributed by atoms with Gasteiger partial charge in [-0.2, -0.15) is 0 Å². The van der Waals surface area contributed by atoms with Crippen molar-refractivity contribution in [3.8, 4) is 0 Å². The van der Waals surface area contributed by atoms with Gasteiger partial charge in [-0.3, -0.25) is 4.98 Å². The van der Waals surface area contributed by atoms with E-state index in [1.807, 2.05) is 18.3 Å². The highest BCUT2D eigenvalue weighted by Crippen LogP contribution is 2.30. The van der Waals surface area contributed by atoms with Crippen molar-refractivity contribution in [2.24, 2.45) is 0 Å². The van der Waals surface area contributed by atoms with Crippen LogP contribution in [0.15, 0.2) is 24.4 Å². The summed E-state index contributed by atoms with van der Waals surface area (Å²) in [5, 5.41) is 5.31. The zero-order valence-corrected chi connectivity index (χ0v) is 12.4. The molecule has 1 N–H and O–H groups in total. The summed E-state index contributed by atoms with van der Waals surface area (Å²) in [6.07, 6.45) is 1.89. The molecule has 102 valence electrons. The number of nitrogens with one attached hydrogen (secondary N) is 1. The van der Waals surface area contributed by atoms with Gasteiger partial charge in [-0.1, -0.05) is 11.6 Å². The largest absolute Gasteiger partial charge is 0.368 e. The molecule has 1 aliphatic rings. The molecule has 0 aliphatic carbocycles. The Labute approximate surface area is 124 Å². The van der Waals surface area contributed by atoms with Gasteiger partial charge in [0.25, 0.3) is 0 Å². The second-order valence-corrected chi connectivity index (χ2v) is 5.12. The van der Waals surface area contributed by atoms with Crippen molar-refractivity contribution in [1.29, 1.82) is 0 Å². The second kappa shape index (κ2) is 5.95. The van der Waals surface area contributed by atoms with Gasteiger partial charge in [-0.25, -0.2) is 0 Å². The lowest BCUT2D eigenvalue weighted by Crippen LogP contribution is -2.43. The van der Waals surface area contributed by atoms with Gasteiger partial charge in [0.05, 0.1) is 5.52 Å². The first-order chi connectivity index (χ1) is 8.75. The van der Waals surface area contributed by atoms with E-state index in [9.17, 15) is 0 Å². The quantitative estimate of drug-likeness (QED) is 0.877. The molecule has 2 aromatic rings. The zero-order valence-electron chi connectivity index (χ0n) is 10.8. The Kier molecular flexibility index (Phi) is 4.50. The van der Waals surface area contributed by atoms with Crippen LogP contribution in [0, 0.1) is 6.92 Å². The molecule has 2 heterocycles. The lowest BCUT2D eigenvalue weighted by atomic mass is 10.1. The normalized spacial score (nSPS) is 15.4. The Morgan fingerprint density at radius 2 is 2.00 bits per heavy atom. The molecule has 1 aromatic heterocycles. The first-order valence-corrected chi connectivity index (χ1v) is 6.64. The molecule has 19 heavy (non-hydrogen) atoms. The topological polar surface area (TPSA) is 28.2 Å². The lowest BCUT2D eigenvalue weighted by molar-refractivity contribution is 0.590. The van der Waals surface area contributed by atoms with E-state index in [4.69, 9.17) is 11.6 Å². The third kappa shape index (κ3) is 2.78. The van der Waals surface area contributed by atoms with Gasteiger partial charge < -0.3 is 10.2 Å². The molecule has 1 aliphatic heterocycles. The van der Waals surface area contributed by atoms with Crippen LogP contribution in [0.5, 0.6) is 0 Å². The number of aromatic nitrogens is 1. The van der Waals surface area contributed by atoms with Gasteiger partial charge in [-0.05, 0) is 30.7 Å². The number of fused-ring (bicyclic) bond motifs is 1. The first kappa shape index (κ1) is 14.4. The maximum absolute atomic E-state index is 6.18. The van der Waals surface area contributed by atoms with Crippen LogP contribution in [0.25, 0.3) is 10.9 Å². The number of halogens is 2. The number of pyridine rings is 1. The van der Waals surface area contributed by atoms with Crippen LogP contribution in [-0.2, 0) is 0 Å². The van der Waals surface area contributed by atoms with Crippen LogP contribution in [0.3, 0.4) is 0 Å². The fourth-order valence-electron chi connectivity index (χ4n) is 2.56. The number of anilines is 1. The maximum Gasteiger partial charge on any atom is 0.0752 e. The SMILES string of the molecule is Cc1cc(Cl)cc2c(N3CCNCC3)ccnc12.Cl. The van der Waals surface area contributed by atoms with Crippen molar-refractivity contribution in [3.05, 3.63) is 35.0 Å². The van der Waals surface area contributed by atoms with E-state index in [0.29, 0.717) is 0 Å². The summed E-state index contributed by atoms with van der Waals surface area (Å²) in [5.41, 5.74) is 3.43. The van der Waals surface area contributed by atoms with E-state index in [-0.39, 0.29) is 12.4 Å². The molecule has 0 spiro atoms. The van der Waals surface area contributed by atoms with Crippen molar-refractivity contribution in [2.45, 2.75) is 6.92 Å². The summed E-state index contributed by atoms with van der Waals surface area (Å²) in [7, 11) is 0. The number of hydrogen-bond donors (Lipinski definition) is 1. The van der Waals surface area contributed by atoms with Crippen LogP contribution in [-0.4, -0.2) is 31.2 Å². The monoisotopic (exact) mass is 297 g/mol. The van der Waals surface area contributed by atoms with Crippen LogP contribution in [0.1, 0.15) is 5.56 Å².